The van der Waals surface area contributed by atoms with E-state index in [2.05, 4.69) is 28.5 Å². The normalized spacial score (nSPS) is 17.3. The first-order valence-corrected chi connectivity index (χ1v) is 8.44. The smallest absolute Gasteiger partial charge is 0.227 e. The van der Waals surface area contributed by atoms with Gasteiger partial charge in [-0.25, -0.2) is 0 Å². The fraction of sp³-hybridized carbons (Fsp3) is 0.250. The number of aromatic nitrogens is 1. The number of aromatic amines is 1. The molecule has 1 amide bonds. The maximum Gasteiger partial charge on any atom is 0.227 e. The van der Waals surface area contributed by atoms with E-state index in [-0.39, 0.29) is 5.91 Å². The van der Waals surface area contributed by atoms with E-state index in [1.165, 1.54) is 0 Å². The van der Waals surface area contributed by atoms with Crippen LogP contribution < -0.4 is 5.32 Å². The van der Waals surface area contributed by atoms with Crippen molar-refractivity contribution in [3.05, 3.63) is 66.4 Å². The van der Waals surface area contributed by atoms with Crippen molar-refractivity contribution >= 4 is 22.5 Å². The van der Waals surface area contributed by atoms with Crippen molar-refractivity contribution < 1.29 is 4.79 Å². The second-order valence-electron chi connectivity index (χ2n) is 6.37. The minimum atomic E-state index is 0.206. The zero-order chi connectivity index (χ0) is 16.4. The van der Waals surface area contributed by atoms with Crippen molar-refractivity contribution in [2.45, 2.75) is 18.9 Å². The van der Waals surface area contributed by atoms with E-state index in [0.717, 1.165) is 41.7 Å². The zero-order valence-corrected chi connectivity index (χ0v) is 13.5. The number of hydrogen-bond acceptors (Lipinski definition) is 2. The summed E-state index contributed by atoms with van der Waals surface area (Å²) < 4.78 is 0. The van der Waals surface area contributed by atoms with Gasteiger partial charge in [-0.1, -0.05) is 36.4 Å². The first-order valence-electron chi connectivity index (χ1n) is 8.44. The summed E-state index contributed by atoms with van der Waals surface area (Å²) >= 11 is 0. The fourth-order valence-corrected chi connectivity index (χ4v) is 3.43. The summed E-state index contributed by atoms with van der Waals surface area (Å²) in [5.41, 5.74) is 3.29. The van der Waals surface area contributed by atoms with E-state index in [0.29, 0.717) is 12.5 Å². The molecule has 4 rings (SSSR count). The molecule has 4 nitrogen and oxygen atoms in total. The lowest BCUT2D eigenvalue weighted by atomic mass is 10.1. The van der Waals surface area contributed by atoms with Crippen molar-refractivity contribution in [2.24, 2.45) is 0 Å². The number of rotatable bonds is 4. The number of H-pyrrole nitrogens is 1. The highest BCUT2D eigenvalue weighted by atomic mass is 16.2. The average Bonchev–Trinajstić information content (AvgIpc) is 3.24. The average molecular weight is 319 g/mol. The number of carbonyl (C=O) groups is 1. The molecule has 0 saturated carbocycles. The molecule has 0 spiro atoms. The highest BCUT2D eigenvalue weighted by Crippen LogP contribution is 2.21. The first-order chi connectivity index (χ1) is 11.8. The van der Waals surface area contributed by atoms with Crippen LogP contribution in [0.5, 0.6) is 0 Å². The van der Waals surface area contributed by atoms with Crippen molar-refractivity contribution in [3.63, 3.8) is 0 Å². The number of benzene rings is 2. The van der Waals surface area contributed by atoms with Crippen LogP contribution in [0, 0.1) is 0 Å². The Bertz CT molecular complexity index is 840. The van der Waals surface area contributed by atoms with Crippen LogP contribution in [0.1, 0.15) is 12.0 Å². The number of nitrogens with one attached hydrogen (secondary N) is 2. The lowest BCUT2D eigenvalue weighted by molar-refractivity contribution is -0.129. The fourth-order valence-electron chi connectivity index (χ4n) is 3.43. The van der Waals surface area contributed by atoms with Gasteiger partial charge >= 0.3 is 0 Å². The molecular formula is C20H21N3O. The standard InChI is InChI=1S/C20H21N3O/c24-20(12-15-13-21-19-9-5-4-8-18(15)19)23-11-10-17(14-23)22-16-6-2-1-3-7-16/h1-9,13,17,21-22H,10-12,14H2. The van der Waals surface area contributed by atoms with Gasteiger partial charge in [0, 0.05) is 41.9 Å². The van der Waals surface area contributed by atoms with Gasteiger partial charge in [0.25, 0.3) is 0 Å². The number of nitrogens with zero attached hydrogens (tertiary/aromatic N) is 1. The van der Waals surface area contributed by atoms with Crippen LogP contribution in [-0.4, -0.2) is 34.9 Å². The van der Waals surface area contributed by atoms with Gasteiger partial charge in [-0.15, -0.1) is 0 Å². The maximum absolute atomic E-state index is 12.6. The Balaban J connectivity index is 1.39. The monoisotopic (exact) mass is 319 g/mol. The predicted molar refractivity (Wildman–Crippen MR) is 97.1 cm³/mol. The highest BCUT2D eigenvalue weighted by Gasteiger charge is 2.26. The molecule has 122 valence electrons. The van der Waals surface area contributed by atoms with E-state index < -0.39 is 0 Å². The van der Waals surface area contributed by atoms with Gasteiger partial charge in [0.2, 0.25) is 5.91 Å². The van der Waals surface area contributed by atoms with Gasteiger partial charge in [0.15, 0.2) is 0 Å². The number of hydrogen-bond donors (Lipinski definition) is 2. The second-order valence-corrected chi connectivity index (χ2v) is 6.37. The Morgan fingerprint density at radius 1 is 1.12 bits per heavy atom. The SMILES string of the molecule is O=C(Cc1c[nH]c2ccccc12)N1CCC(Nc2ccccc2)C1. The molecular weight excluding hydrogens is 298 g/mol. The molecule has 24 heavy (non-hydrogen) atoms. The molecule has 1 atom stereocenters. The third kappa shape index (κ3) is 3.00. The molecule has 1 unspecified atom stereocenters. The Labute approximate surface area is 141 Å². The van der Waals surface area contributed by atoms with Gasteiger partial charge in [-0.2, -0.15) is 0 Å². The lowest BCUT2D eigenvalue weighted by Gasteiger charge is -2.17. The molecule has 1 saturated heterocycles. The second kappa shape index (κ2) is 6.40. The van der Waals surface area contributed by atoms with E-state index >= 15 is 0 Å². The van der Waals surface area contributed by atoms with Crippen LogP contribution >= 0.6 is 0 Å². The number of anilines is 1. The van der Waals surface area contributed by atoms with Crippen LogP contribution in [0.15, 0.2) is 60.8 Å². The number of carbonyl (C=O) groups excluding carboxylic acids is 1. The summed E-state index contributed by atoms with van der Waals surface area (Å²) in [6.45, 7) is 1.60. The summed E-state index contributed by atoms with van der Waals surface area (Å²) in [5, 5.41) is 4.66. The van der Waals surface area contributed by atoms with Gasteiger partial charge in [-0.05, 0) is 30.2 Å². The zero-order valence-electron chi connectivity index (χ0n) is 13.5. The molecule has 1 aliphatic rings. The van der Waals surface area contributed by atoms with E-state index in [1.807, 2.05) is 47.5 Å². The summed E-state index contributed by atoms with van der Waals surface area (Å²) in [5.74, 6) is 0.206. The molecule has 3 aromatic rings. The van der Waals surface area contributed by atoms with Crippen LogP contribution in [0.25, 0.3) is 10.9 Å². The first kappa shape index (κ1) is 14.8. The van der Waals surface area contributed by atoms with Crippen LogP contribution in [0.3, 0.4) is 0 Å². The van der Waals surface area contributed by atoms with Crippen LogP contribution in [0.4, 0.5) is 5.69 Å². The molecule has 4 heteroatoms. The van der Waals surface area contributed by atoms with Crippen molar-refractivity contribution in [3.8, 4) is 0 Å². The Hall–Kier alpha value is -2.75. The third-order valence-electron chi connectivity index (χ3n) is 4.70. The van der Waals surface area contributed by atoms with Crippen LogP contribution in [-0.2, 0) is 11.2 Å². The highest BCUT2D eigenvalue weighted by molar-refractivity contribution is 5.89. The Morgan fingerprint density at radius 3 is 2.79 bits per heavy atom. The molecule has 2 N–H and O–H groups in total. The predicted octanol–water partition coefficient (Wildman–Crippen LogP) is 3.42. The molecule has 0 aliphatic carbocycles. The summed E-state index contributed by atoms with van der Waals surface area (Å²) in [4.78, 5) is 17.9. The van der Waals surface area contributed by atoms with Gasteiger partial charge in [-0.3, -0.25) is 4.79 Å². The topological polar surface area (TPSA) is 48.1 Å². The molecule has 1 fully saturated rings. The van der Waals surface area contributed by atoms with Crippen LogP contribution in [0.2, 0.25) is 0 Å². The summed E-state index contributed by atoms with van der Waals surface area (Å²) in [7, 11) is 0. The van der Waals surface area contributed by atoms with E-state index in [1.54, 1.807) is 0 Å². The lowest BCUT2D eigenvalue weighted by Crippen LogP contribution is -2.32. The number of amides is 1. The molecule has 2 heterocycles. The molecule has 0 bridgehead atoms. The van der Waals surface area contributed by atoms with E-state index in [4.69, 9.17) is 0 Å². The van der Waals surface area contributed by atoms with Crippen molar-refractivity contribution in [2.75, 3.05) is 18.4 Å². The number of para-hydroxylation sites is 2. The minimum absolute atomic E-state index is 0.206. The van der Waals surface area contributed by atoms with Gasteiger partial charge in [0.05, 0.1) is 6.42 Å². The van der Waals surface area contributed by atoms with Crippen molar-refractivity contribution in [1.29, 1.82) is 0 Å². The molecule has 1 aliphatic heterocycles. The minimum Gasteiger partial charge on any atom is -0.380 e. The maximum atomic E-state index is 12.6. The Kier molecular flexibility index (Phi) is 3.95. The molecule has 2 aromatic carbocycles. The molecule has 0 radical (unpaired) electrons. The largest absolute Gasteiger partial charge is 0.380 e. The Morgan fingerprint density at radius 2 is 1.92 bits per heavy atom. The number of fused-ring (bicyclic) bond motifs is 1. The van der Waals surface area contributed by atoms with E-state index in [9.17, 15) is 4.79 Å². The van der Waals surface area contributed by atoms with Gasteiger partial charge < -0.3 is 15.2 Å². The summed E-state index contributed by atoms with van der Waals surface area (Å²) in [6.07, 6.45) is 3.41. The molecule has 1 aromatic heterocycles. The quantitative estimate of drug-likeness (QED) is 0.774. The summed E-state index contributed by atoms with van der Waals surface area (Å²) in [6, 6.07) is 18.7. The third-order valence-corrected chi connectivity index (χ3v) is 4.70. The van der Waals surface area contributed by atoms with Gasteiger partial charge in [0.1, 0.15) is 0 Å². The number of likely N-dealkylation sites (tertiary alicyclic amines) is 1. The van der Waals surface area contributed by atoms with Crippen molar-refractivity contribution in [1.82, 2.24) is 9.88 Å².